The lowest BCUT2D eigenvalue weighted by Crippen LogP contribution is -2.34. The lowest BCUT2D eigenvalue weighted by atomic mass is 10.2. The molecule has 0 bridgehead atoms. The van der Waals surface area contributed by atoms with Crippen molar-refractivity contribution in [3.8, 4) is 11.8 Å². The Morgan fingerprint density at radius 1 is 1.18 bits per heavy atom. The predicted molar refractivity (Wildman–Crippen MR) is 87.8 cm³/mol. The smallest absolute Gasteiger partial charge is 0.261 e. The van der Waals surface area contributed by atoms with Crippen LogP contribution in [-0.4, -0.2) is 18.1 Å². The molecule has 0 unspecified atom stereocenters. The van der Waals surface area contributed by atoms with E-state index >= 15 is 0 Å². The van der Waals surface area contributed by atoms with Crippen LogP contribution in [0.3, 0.4) is 0 Å². The van der Waals surface area contributed by atoms with E-state index in [1.54, 1.807) is 48.5 Å². The highest BCUT2D eigenvalue weighted by Crippen LogP contribution is 2.17. The third-order valence-electron chi connectivity index (χ3n) is 2.85. The van der Waals surface area contributed by atoms with E-state index in [4.69, 9.17) is 22.2 Å². The number of amides is 1. The molecule has 0 aliphatic carbocycles. The van der Waals surface area contributed by atoms with E-state index in [0.717, 1.165) is 0 Å². The molecule has 2 N–H and O–H groups in total. The van der Waals surface area contributed by atoms with Crippen molar-refractivity contribution >= 4 is 28.9 Å². The van der Waals surface area contributed by atoms with Crippen LogP contribution in [-0.2, 0) is 0 Å². The minimum absolute atomic E-state index is 0.167. The van der Waals surface area contributed by atoms with Gasteiger partial charge in [-0.2, -0.15) is 5.26 Å². The van der Waals surface area contributed by atoms with Crippen molar-refractivity contribution in [2.45, 2.75) is 0 Å². The zero-order valence-corrected chi connectivity index (χ0v) is 12.6. The second-order valence-electron chi connectivity index (χ2n) is 4.30. The van der Waals surface area contributed by atoms with E-state index in [2.05, 4.69) is 10.6 Å². The second-order valence-corrected chi connectivity index (χ2v) is 4.71. The average molecular weight is 311 g/mol. The summed E-state index contributed by atoms with van der Waals surface area (Å²) in [4.78, 5) is 12.2. The number of thiocarbonyl (C=S) groups is 1. The van der Waals surface area contributed by atoms with Gasteiger partial charge in [0.05, 0.1) is 24.3 Å². The fraction of sp³-hybridized carbons (Fsp3) is 0.0625. The molecule has 2 aromatic rings. The standard InChI is InChI=1S/C16H13N3O2S/c1-21-14-5-3-2-4-13(14)15(20)19-16(22)18-12-8-6-11(10-17)7-9-12/h2-9H,1H3,(H2,18,19,20,22). The van der Waals surface area contributed by atoms with Gasteiger partial charge >= 0.3 is 0 Å². The van der Waals surface area contributed by atoms with Crippen molar-refractivity contribution in [2.24, 2.45) is 0 Å². The van der Waals surface area contributed by atoms with Gasteiger partial charge in [0, 0.05) is 5.69 Å². The molecule has 0 heterocycles. The highest BCUT2D eigenvalue weighted by molar-refractivity contribution is 7.80. The number of methoxy groups -OCH3 is 1. The van der Waals surface area contributed by atoms with Crippen LogP contribution in [0.15, 0.2) is 48.5 Å². The van der Waals surface area contributed by atoms with Crippen molar-refractivity contribution in [3.63, 3.8) is 0 Å². The summed E-state index contributed by atoms with van der Waals surface area (Å²) in [6.45, 7) is 0. The molecule has 0 saturated heterocycles. The summed E-state index contributed by atoms with van der Waals surface area (Å²) in [5, 5.41) is 14.4. The Morgan fingerprint density at radius 3 is 2.50 bits per heavy atom. The van der Waals surface area contributed by atoms with Crippen molar-refractivity contribution in [1.29, 1.82) is 5.26 Å². The van der Waals surface area contributed by atoms with Crippen LogP contribution >= 0.6 is 12.2 Å². The summed E-state index contributed by atoms with van der Waals surface area (Å²) < 4.78 is 5.14. The molecule has 0 aliphatic rings. The number of nitriles is 1. The molecular formula is C16H13N3O2S. The summed E-state index contributed by atoms with van der Waals surface area (Å²) in [5.41, 5.74) is 1.63. The molecule has 2 rings (SSSR count). The maximum absolute atomic E-state index is 12.2. The zero-order valence-electron chi connectivity index (χ0n) is 11.8. The Morgan fingerprint density at radius 2 is 1.86 bits per heavy atom. The SMILES string of the molecule is COc1ccccc1C(=O)NC(=S)Nc1ccc(C#N)cc1. The van der Waals surface area contributed by atoms with Gasteiger partial charge in [-0.3, -0.25) is 10.1 Å². The number of anilines is 1. The summed E-state index contributed by atoms with van der Waals surface area (Å²) in [5.74, 6) is 0.116. The van der Waals surface area contributed by atoms with Gasteiger partial charge in [0.15, 0.2) is 5.11 Å². The Bertz CT molecular complexity index is 736. The number of para-hydroxylation sites is 1. The molecular weight excluding hydrogens is 298 g/mol. The summed E-state index contributed by atoms with van der Waals surface area (Å²) in [7, 11) is 1.50. The number of benzene rings is 2. The number of hydrogen-bond donors (Lipinski definition) is 2. The first kappa shape index (κ1) is 15.5. The highest BCUT2D eigenvalue weighted by Gasteiger charge is 2.12. The van der Waals surface area contributed by atoms with Gasteiger partial charge < -0.3 is 10.1 Å². The van der Waals surface area contributed by atoms with Crippen molar-refractivity contribution in [3.05, 3.63) is 59.7 Å². The number of carbonyl (C=O) groups excluding carboxylic acids is 1. The van der Waals surface area contributed by atoms with E-state index in [-0.39, 0.29) is 11.0 Å². The molecule has 1 amide bonds. The van der Waals surface area contributed by atoms with Crippen LogP contribution in [0.2, 0.25) is 0 Å². The molecule has 0 aliphatic heterocycles. The summed E-state index contributed by atoms with van der Waals surface area (Å²) in [6.07, 6.45) is 0. The lowest BCUT2D eigenvalue weighted by Gasteiger charge is -2.11. The predicted octanol–water partition coefficient (Wildman–Crippen LogP) is 2.69. The van der Waals surface area contributed by atoms with Gasteiger partial charge in [-0.1, -0.05) is 12.1 Å². The van der Waals surface area contributed by atoms with Gasteiger partial charge in [0.25, 0.3) is 5.91 Å². The first-order valence-corrected chi connectivity index (χ1v) is 6.80. The minimum atomic E-state index is -0.358. The molecule has 2 aromatic carbocycles. The van der Waals surface area contributed by atoms with E-state index in [1.165, 1.54) is 7.11 Å². The van der Waals surface area contributed by atoms with E-state index < -0.39 is 0 Å². The van der Waals surface area contributed by atoms with Crippen LogP contribution in [0.1, 0.15) is 15.9 Å². The molecule has 6 heteroatoms. The molecule has 0 spiro atoms. The molecule has 0 aromatic heterocycles. The molecule has 0 radical (unpaired) electrons. The Hall–Kier alpha value is -2.91. The Balaban J connectivity index is 2.02. The first-order chi connectivity index (χ1) is 10.6. The van der Waals surface area contributed by atoms with Gasteiger partial charge in [-0.25, -0.2) is 0 Å². The number of carbonyl (C=O) groups is 1. The topological polar surface area (TPSA) is 74.2 Å². The van der Waals surface area contributed by atoms with Crippen LogP contribution in [0.4, 0.5) is 5.69 Å². The molecule has 0 fully saturated rings. The maximum atomic E-state index is 12.2. The summed E-state index contributed by atoms with van der Waals surface area (Å²) in [6, 6.07) is 15.6. The Kier molecular flexibility index (Phi) is 5.07. The van der Waals surface area contributed by atoms with Crippen LogP contribution in [0.5, 0.6) is 5.75 Å². The van der Waals surface area contributed by atoms with Gasteiger partial charge in [-0.15, -0.1) is 0 Å². The number of rotatable bonds is 3. The van der Waals surface area contributed by atoms with Crippen LogP contribution in [0.25, 0.3) is 0 Å². The number of nitrogens with one attached hydrogen (secondary N) is 2. The molecule has 110 valence electrons. The molecule has 0 saturated carbocycles. The maximum Gasteiger partial charge on any atom is 0.261 e. The highest BCUT2D eigenvalue weighted by atomic mass is 32.1. The fourth-order valence-electron chi connectivity index (χ4n) is 1.79. The normalized spacial score (nSPS) is 9.45. The zero-order chi connectivity index (χ0) is 15.9. The average Bonchev–Trinajstić information content (AvgIpc) is 2.55. The third-order valence-corrected chi connectivity index (χ3v) is 3.05. The quantitative estimate of drug-likeness (QED) is 0.853. The summed E-state index contributed by atoms with van der Waals surface area (Å²) >= 11 is 5.10. The van der Waals surface area contributed by atoms with E-state index in [0.29, 0.717) is 22.6 Å². The van der Waals surface area contributed by atoms with Crippen molar-refractivity contribution < 1.29 is 9.53 Å². The number of ether oxygens (including phenoxy) is 1. The van der Waals surface area contributed by atoms with Crippen molar-refractivity contribution in [1.82, 2.24) is 5.32 Å². The number of hydrogen-bond acceptors (Lipinski definition) is 4. The lowest BCUT2D eigenvalue weighted by molar-refractivity contribution is 0.0975. The minimum Gasteiger partial charge on any atom is -0.496 e. The fourth-order valence-corrected chi connectivity index (χ4v) is 2.00. The Labute approximate surface area is 133 Å². The largest absolute Gasteiger partial charge is 0.496 e. The van der Waals surface area contributed by atoms with Gasteiger partial charge in [-0.05, 0) is 48.6 Å². The van der Waals surface area contributed by atoms with Gasteiger partial charge in [0.1, 0.15) is 5.75 Å². The third kappa shape index (κ3) is 3.81. The van der Waals surface area contributed by atoms with Gasteiger partial charge in [0.2, 0.25) is 0 Å². The van der Waals surface area contributed by atoms with E-state index in [1.807, 2.05) is 6.07 Å². The monoisotopic (exact) mass is 311 g/mol. The van der Waals surface area contributed by atoms with Crippen LogP contribution in [0, 0.1) is 11.3 Å². The van der Waals surface area contributed by atoms with E-state index in [9.17, 15) is 4.79 Å². The molecule has 22 heavy (non-hydrogen) atoms. The second kappa shape index (κ2) is 7.20. The molecule has 5 nitrogen and oxygen atoms in total. The van der Waals surface area contributed by atoms with Crippen molar-refractivity contribution in [2.75, 3.05) is 12.4 Å². The number of nitrogens with zero attached hydrogens (tertiary/aromatic N) is 1. The van der Waals surface area contributed by atoms with Crippen LogP contribution < -0.4 is 15.4 Å². The molecule has 0 atom stereocenters. The first-order valence-electron chi connectivity index (χ1n) is 6.39.